The van der Waals surface area contributed by atoms with Gasteiger partial charge in [0.25, 0.3) is 5.91 Å². The minimum absolute atomic E-state index is 0.0300. The highest BCUT2D eigenvalue weighted by molar-refractivity contribution is 5.95. The van der Waals surface area contributed by atoms with Gasteiger partial charge in [-0.25, -0.2) is 0 Å². The second-order valence-corrected chi connectivity index (χ2v) is 6.12. The number of nitrogens with one attached hydrogen (secondary N) is 2. The summed E-state index contributed by atoms with van der Waals surface area (Å²) in [6.07, 6.45) is 0.830. The minimum Gasteiger partial charge on any atom is -0.490 e. The standard InChI is InChI=1S/C15H21N3O4/c1-15(2)9-16-7-6-13(15)17-14(19)10-4-5-12(22-3)11(8-10)18(20)21/h4-5,8,13,16H,6-7,9H2,1-3H3,(H,17,19). The zero-order valence-corrected chi connectivity index (χ0v) is 13.0. The molecule has 0 radical (unpaired) electrons. The van der Waals surface area contributed by atoms with Crippen LogP contribution in [0.25, 0.3) is 0 Å². The molecule has 1 amide bonds. The molecule has 1 aromatic carbocycles. The van der Waals surface area contributed by atoms with Crippen molar-refractivity contribution in [1.29, 1.82) is 0 Å². The molecule has 1 fully saturated rings. The van der Waals surface area contributed by atoms with Crippen LogP contribution in [0.5, 0.6) is 5.75 Å². The van der Waals surface area contributed by atoms with E-state index < -0.39 is 4.92 Å². The lowest BCUT2D eigenvalue weighted by molar-refractivity contribution is -0.385. The van der Waals surface area contributed by atoms with Crippen LogP contribution in [0.4, 0.5) is 5.69 Å². The van der Waals surface area contributed by atoms with Gasteiger partial charge in [0.1, 0.15) is 0 Å². The second-order valence-electron chi connectivity index (χ2n) is 6.12. The predicted molar refractivity (Wildman–Crippen MR) is 82.2 cm³/mol. The van der Waals surface area contributed by atoms with Gasteiger partial charge in [-0.15, -0.1) is 0 Å². The van der Waals surface area contributed by atoms with Gasteiger partial charge < -0.3 is 15.4 Å². The van der Waals surface area contributed by atoms with Crippen LogP contribution in [0, 0.1) is 15.5 Å². The summed E-state index contributed by atoms with van der Waals surface area (Å²) in [6, 6.07) is 4.26. The fraction of sp³-hybridized carbons (Fsp3) is 0.533. The Morgan fingerprint density at radius 1 is 1.50 bits per heavy atom. The molecule has 22 heavy (non-hydrogen) atoms. The number of rotatable bonds is 4. The average molecular weight is 307 g/mol. The molecule has 1 unspecified atom stereocenters. The summed E-state index contributed by atoms with van der Waals surface area (Å²) in [6.45, 7) is 5.83. The molecule has 7 heteroatoms. The molecular weight excluding hydrogens is 286 g/mol. The van der Waals surface area contributed by atoms with Crippen molar-refractivity contribution in [3.05, 3.63) is 33.9 Å². The quantitative estimate of drug-likeness (QED) is 0.652. The van der Waals surface area contributed by atoms with Crippen molar-refractivity contribution >= 4 is 11.6 Å². The van der Waals surface area contributed by atoms with Crippen molar-refractivity contribution in [2.45, 2.75) is 26.3 Å². The van der Waals surface area contributed by atoms with Gasteiger partial charge in [0.2, 0.25) is 0 Å². The van der Waals surface area contributed by atoms with Crippen LogP contribution in [0.2, 0.25) is 0 Å². The summed E-state index contributed by atoms with van der Waals surface area (Å²) in [5.41, 5.74) is -0.00619. The largest absolute Gasteiger partial charge is 0.490 e. The summed E-state index contributed by atoms with van der Waals surface area (Å²) in [5, 5.41) is 17.3. The minimum atomic E-state index is -0.552. The lowest BCUT2D eigenvalue weighted by atomic mass is 9.80. The van der Waals surface area contributed by atoms with Gasteiger partial charge in [-0.1, -0.05) is 13.8 Å². The Bertz CT molecular complexity index is 586. The number of piperidine rings is 1. The molecule has 1 aliphatic rings. The number of carbonyl (C=O) groups excluding carboxylic acids is 1. The maximum absolute atomic E-state index is 12.4. The molecule has 1 heterocycles. The SMILES string of the molecule is COc1ccc(C(=O)NC2CCNCC2(C)C)cc1[N+](=O)[O-]. The Hall–Kier alpha value is -2.15. The first-order valence-electron chi connectivity index (χ1n) is 7.19. The third-order valence-electron chi connectivity index (χ3n) is 4.08. The van der Waals surface area contributed by atoms with E-state index in [9.17, 15) is 14.9 Å². The van der Waals surface area contributed by atoms with Crippen molar-refractivity contribution in [2.24, 2.45) is 5.41 Å². The molecule has 1 atom stereocenters. The van der Waals surface area contributed by atoms with E-state index in [0.29, 0.717) is 0 Å². The monoisotopic (exact) mass is 307 g/mol. The van der Waals surface area contributed by atoms with E-state index in [1.165, 1.54) is 25.3 Å². The fourth-order valence-corrected chi connectivity index (χ4v) is 2.65. The van der Waals surface area contributed by atoms with Crippen molar-refractivity contribution in [3.8, 4) is 5.75 Å². The smallest absolute Gasteiger partial charge is 0.311 e. The number of benzene rings is 1. The first-order chi connectivity index (χ1) is 10.3. The number of ether oxygens (including phenoxy) is 1. The highest BCUT2D eigenvalue weighted by Gasteiger charge is 2.33. The van der Waals surface area contributed by atoms with Crippen LogP contribution in [-0.4, -0.2) is 37.1 Å². The van der Waals surface area contributed by atoms with E-state index in [4.69, 9.17) is 4.74 Å². The zero-order valence-electron chi connectivity index (χ0n) is 13.0. The van der Waals surface area contributed by atoms with Crippen LogP contribution in [0.3, 0.4) is 0 Å². The topological polar surface area (TPSA) is 93.5 Å². The number of hydrogen-bond donors (Lipinski definition) is 2. The Morgan fingerprint density at radius 3 is 2.82 bits per heavy atom. The molecular formula is C15H21N3O4. The summed E-state index contributed by atoms with van der Waals surface area (Å²) < 4.78 is 4.94. The molecule has 1 saturated heterocycles. The molecule has 0 saturated carbocycles. The third-order valence-corrected chi connectivity index (χ3v) is 4.08. The lowest BCUT2D eigenvalue weighted by Crippen LogP contribution is -2.54. The molecule has 120 valence electrons. The van der Waals surface area contributed by atoms with Crippen molar-refractivity contribution < 1.29 is 14.5 Å². The van der Waals surface area contributed by atoms with E-state index in [1.807, 2.05) is 0 Å². The zero-order chi connectivity index (χ0) is 16.3. The van der Waals surface area contributed by atoms with Gasteiger partial charge >= 0.3 is 5.69 Å². The third kappa shape index (κ3) is 3.36. The average Bonchev–Trinajstić information content (AvgIpc) is 2.48. The first-order valence-corrected chi connectivity index (χ1v) is 7.19. The Labute approximate surface area is 129 Å². The number of nitro benzene ring substituents is 1. The maximum atomic E-state index is 12.4. The van der Waals surface area contributed by atoms with Gasteiger partial charge in [0.05, 0.1) is 12.0 Å². The van der Waals surface area contributed by atoms with Crippen molar-refractivity contribution in [3.63, 3.8) is 0 Å². The van der Waals surface area contributed by atoms with Crippen LogP contribution in [0.15, 0.2) is 18.2 Å². The van der Waals surface area contributed by atoms with Gasteiger partial charge in [-0.05, 0) is 30.5 Å². The van der Waals surface area contributed by atoms with Gasteiger partial charge in [0, 0.05) is 24.2 Å². The summed E-state index contributed by atoms with van der Waals surface area (Å²) in [7, 11) is 1.36. The van der Waals surface area contributed by atoms with Gasteiger partial charge in [-0.2, -0.15) is 0 Å². The lowest BCUT2D eigenvalue weighted by Gasteiger charge is -2.39. The van der Waals surface area contributed by atoms with Gasteiger partial charge in [-0.3, -0.25) is 14.9 Å². The number of nitro groups is 1. The van der Waals surface area contributed by atoms with E-state index in [1.54, 1.807) is 0 Å². The van der Waals surface area contributed by atoms with Crippen molar-refractivity contribution in [2.75, 3.05) is 20.2 Å². The maximum Gasteiger partial charge on any atom is 0.311 e. The number of hydrogen-bond acceptors (Lipinski definition) is 5. The van der Waals surface area contributed by atoms with E-state index in [2.05, 4.69) is 24.5 Å². The van der Waals surface area contributed by atoms with Crippen LogP contribution < -0.4 is 15.4 Å². The number of nitrogens with zero attached hydrogens (tertiary/aromatic N) is 1. The molecule has 0 bridgehead atoms. The second kappa shape index (κ2) is 6.31. The Balaban J connectivity index is 2.19. The summed E-state index contributed by atoms with van der Waals surface area (Å²) in [5.74, 6) is -0.158. The molecule has 0 aliphatic carbocycles. The number of amides is 1. The molecule has 7 nitrogen and oxygen atoms in total. The molecule has 0 spiro atoms. The van der Waals surface area contributed by atoms with E-state index in [0.717, 1.165) is 19.5 Å². The first kappa shape index (κ1) is 16.2. The number of methoxy groups -OCH3 is 1. The van der Waals surface area contributed by atoms with Crippen LogP contribution in [0.1, 0.15) is 30.6 Å². The van der Waals surface area contributed by atoms with Crippen molar-refractivity contribution in [1.82, 2.24) is 10.6 Å². The molecule has 0 aromatic heterocycles. The van der Waals surface area contributed by atoms with E-state index >= 15 is 0 Å². The predicted octanol–water partition coefficient (Wildman–Crippen LogP) is 1.72. The Kier molecular flexibility index (Phi) is 4.65. The molecule has 1 aromatic rings. The van der Waals surface area contributed by atoms with E-state index in [-0.39, 0.29) is 34.4 Å². The normalized spacial score (nSPS) is 20.2. The molecule has 2 rings (SSSR count). The molecule has 1 aliphatic heterocycles. The summed E-state index contributed by atoms with van der Waals surface area (Å²) in [4.78, 5) is 22.9. The van der Waals surface area contributed by atoms with Crippen LogP contribution >= 0.6 is 0 Å². The number of carbonyl (C=O) groups is 1. The Morgan fingerprint density at radius 2 is 2.23 bits per heavy atom. The van der Waals surface area contributed by atoms with Crippen LogP contribution in [-0.2, 0) is 0 Å². The van der Waals surface area contributed by atoms with Gasteiger partial charge in [0.15, 0.2) is 5.75 Å². The summed E-state index contributed by atoms with van der Waals surface area (Å²) >= 11 is 0. The molecule has 2 N–H and O–H groups in total. The highest BCUT2D eigenvalue weighted by Crippen LogP contribution is 2.29. The fourth-order valence-electron chi connectivity index (χ4n) is 2.65. The highest BCUT2D eigenvalue weighted by atomic mass is 16.6.